The molecule has 0 fully saturated rings. The van der Waals surface area contributed by atoms with E-state index in [0.29, 0.717) is 0 Å². The second kappa shape index (κ2) is 52.1. The van der Waals surface area contributed by atoms with Crippen molar-refractivity contribution < 1.29 is 129 Å². The van der Waals surface area contributed by atoms with E-state index < -0.39 is 0 Å². The molecule has 0 aliphatic carbocycles. The molecule has 8 heavy (non-hydrogen) atoms. The fraction of sp³-hybridized carbons (Fsp3) is 0. The minimum absolute atomic E-state index is 0. The molecule has 0 rings (SSSR count). The van der Waals surface area contributed by atoms with Crippen LogP contribution < -0.4 is 0 Å². The van der Waals surface area contributed by atoms with Gasteiger partial charge in [0, 0.05) is 129 Å². The van der Waals surface area contributed by atoms with E-state index in [1.54, 1.807) is 0 Å². The molecule has 0 bridgehead atoms. The molecule has 0 aromatic heterocycles. The molecule has 0 amide bonds. The Labute approximate surface area is 177 Å². The van der Waals surface area contributed by atoms with Crippen molar-refractivity contribution in [2.45, 2.75) is 0 Å². The van der Waals surface area contributed by atoms with Crippen molar-refractivity contribution in [1.29, 1.82) is 0 Å². The third kappa shape index (κ3) is 40.4. The van der Waals surface area contributed by atoms with E-state index in [1.807, 2.05) is 0 Å². The molecule has 5 radical (unpaired) electrons. The van der Waals surface area contributed by atoms with Gasteiger partial charge < -0.3 is 0 Å². The van der Waals surface area contributed by atoms with Crippen molar-refractivity contribution in [3.05, 3.63) is 0 Å². The van der Waals surface area contributed by atoms with Crippen molar-refractivity contribution >= 4 is 52.8 Å². The van der Waals surface area contributed by atoms with E-state index in [0.717, 1.165) is 0 Å². The van der Waals surface area contributed by atoms with Crippen LogP contribution in [0, 0.1) is 0 Å². The number of hydrogen-bond donors (Lipinski definition) is 0. The average molecular weight is 455 g/mol. The van der Waals surface area contributed by atoms with Gasteiger partial charge >= 0.3 is 52.8 Å². The number of hydrogen-bond acceptors (Lipinski definition) is 0. The van der Waals surface area contributed by atoms with Gasteiger partial charge in [0.1, 0.15) is 0 Å². The smallest absolute Gasteiger partial charge is 0 e. The van der Waals surface area contributed by atoms with Crippen molar-refractivity contribution in [2.75, 3.05) is 0 Å². The molecule has 0 spiro atoms. The Hall–Kier alpha value is 5.98. The molecule has 8 heteroatoms. The summed E-state index contributed by atoms with van der Waals surface area (Å²) >= 11 is 0. The van der Waals surface area contributed by atoms with E-state index in [1.165, 1.54) is 0 Å². The fourth-order valence-corrected chi connectivity index (χ4v) is 0. The van der Waals surface area contributed by atoms with Gasteiger partial charge in [0.25, 0.3) is 0 Å². The maximum absolute atomic E-state index is 0. The molecule has 0 saturated carbocycles. The Morgan fingerprint density at radius 3 is 0.250 bits per heavy atom. The summed E-state index contributed by atoms with van der Waals surface area (Å²) in [6.07, 6.45) is 0. The van der Waals surface area contributed by atoms with Gasteiger partial charge in [-0.2, -0.15) is 0 Å². The minimum atomic E-state index is 0. The Morgan fingerprint density at radius 1 is 0.250 bits per heavy atom. The normalized spacial score (nSPS) is 0. The molecule has 0 saturated heterocycles. The maximum Gasteiger partial charge on any atom is 0 e. The van der Waals surface area contributed by atoms with Crippen molar-refractivity contribution in [2.24, 2.45) is 0 Å². The van der Waals surface area contributed by atoms with Gasteiger partial charge in [-0.25, -0.2) is 0 Å². The van der Waals surface area contributed by atoms with Crippen LogP contribution in [0.2, 0.25) is 0 Å². The van der Waals surface area contributed by atoms with E-state index in [2.05, 4.69) is 0 Å². The number of rotatable bonds is 0. The zero-order valence-electron chi connectivity index (χ0n) is 2.89. The van der Waals surface area contributed by atoms with Crippen LogP contribution in [0.25, 0.3) is 0 Å². The Morgan fingerprint density at radius 2 is 0.250 bits per heavy atom. The maximum atomic E-state index is 0. The molecular formula is H12Ge3Sc5. The first kappa shape index (κ1) is 65.9. The first-order valence-corrected chi connectivity index (χ1v) is 0. The summed E-state index contributed by atoms with van der Waals surface area (Å²) in [5.41, 5.74) is 0. The largest absolute Gasteiger partial charge is 0 e. The molecule has 0 aromatic carbocycles. The monoisotopic (exact) mass is 459 g/mol. The van der Waals surface area contributed by atoms with Gasteiger partial charge in [-0.15, -0.1) is 0 Å². The van der Waals surface area contributed by atoms with Crippen LogP contribution in [0.15, 0.2) is 0 Å². The van der Waals surface area contributed by atoms with Gasteiger partial charge in [0.15, 0.2) is 0 Å². The zero-order chi connectivity index (χ0) is 0. The van der Waals surface area contributed by atoms with E-state index in [-0.39, 0.29) is 182 Å². The molecule has 0 heterocycles. The summed E-state index contributed by atoms with van der Waals surface area (Å²) in [6.45, 7) is 0. The van der Waals surface area contributed by atoms with Crippen LogP contribution in [-0.2, 0) is 129 Å². The molecule has 0 atom stereocenters. The minimum Gasteiger partial charge on any atom is 0 e. The summed E-state index contributed by atoms with van der Waals surface area (Å²) in [4.78, 5) is 0. The van der Waals surface area contributed by atoms with Crippen molar-refractivity contribution in [1.82, 2.24) is 0 Å². The van der Waals surface area contributed by atoms with E-state index in [9.17, 15) is 0 Å². The van der Waals surface area contributed by atoms with Crippen LogP contribution in [0.5, 0.6) is 0 Å². The second-order valence-electron chi connectivity index (χ2n) is 0. The summed E-state index contributed by atoms with van der Waals surface area (Å²) in [5.74, 6) is 0. The van der Waals surface area contributed by atoms with Gasteiger partial charge in [0.05, 0.1) is 0 Å². The first-order chi connectivity index (χ1) is 0. The van der Waals surface area contributed by atoms with Crippen LogP contribution in [0.3, 0.4) is 0 Å². The average Bonchev–Trinajstić information content (AvgIpc) is 0. The molecule has 0 aliphatic rings. The third-order valence-corrected chi connectivity index (χ3v) is 0. The van der Waals surface area contributed by atoms with Gasteiger partial charge in [-0.3, -0.25) is 0 Å². The van der Waals surface area contributed by atoms with Crippen molar-refractivity contribution in [3.63, 3.8) is 0 Å². The standard InChI is InChI=1S/3GeH4.5Sc/h3*1H4;;;;;. The topological polar surface area (TPSA) is 0 Å². The molecule has 0 N–H and O–H groups in total. The van der Waals surface area contributed by atoms with Gasteiger partial charge in [-0.1, -0.05) is 0 Å². The summed E-state index contributed by atoms with van der Waals surface area (Å²) < 4.78 is 0. The first-order valence-electron chi connectivity index (χ1n) is 0. The van der Waals surface area contributed by atoms with Crippen LogP contribution >= 0.6 is 0 Å². The SMILES string of the molecule is [GeH4].[GeH4].[GeH4].[Sc].[Sc].[Sc].[Sc].[Sc]. The molecule has 0 aliphatic heterocycles. The van der Waals surface area contributed by atoms with Crippen LogP contribution in [0.1, 0.15) is 0 Å². The fourth-order valence-electron chi connectivity index (χ4n) is 0. The van der Waals surface area contributed by atoms with E-state index in [4.69, 9.17) is 0 Å². The van der Waals surface area contributed by atoms with Gasteiger partial charge in [0.2, 0.25) is 0 Å². The van der Waals surface area contributed by atoms with Crippen LogP contribution in [-0.4, -0.2) is 52.8 Å². The molecule has 0 nitrogen and oxygen atoms in total. The Bertz CT molecular complexity index is 7.64. The predicted octanol–water partition coefficient (Wildman–Crippen LogP) is -4.37. The molecule has 0 aromatic rings. The Kier molecular flexibility index (Phi) is 429. The van der Waals surface area contributed by atoms with Gasteiger partial charge in [-0.05, 0) is 0 Å². The zero-order valence-corrected chi connectivity index (χ0v) is 11.9. The third-order valence-electron chi connectivity index (χ3n) is 0. The summed E-state index contributed by atoms with van der Waals surface area (Å²) in [7, 11) is 0. The Balaban J connectivity index is 0. The second-order valence-corrected chi connectivity index (χ2v) is 0. The van der Waals surface area contributed by atoms with Crippen molar-refractivity contribution in [3.8, 4) is 0 Å². The summed E-state index contributed by atoms with van der Waals surface area (Å²) in [6, 6.07) is 0. The molecular weight excluding hydrogens is 443 g/mol. The summed E-state index contributed by atoms with van der Waals surface area (Å²) in [5, 5.41) is 0. The van der Waals surface area contributed by atoms with E-state index >= 15 is 0 Å². The molecule has 39 valence electrons. The van der Waals surface area contributed by atoms with Crippen LogP contribution in [0.4, 0.5) is 0 Å². The molecule has 0 unspecified atom stereocenters. The predicted molar refractivity (Wildman–Crippen MR) is 34.0 cm³/mol. The quantitative estimate of drug-likeness (QED) is 0.325.